The lowest BCUT2D eigenvalue weighted by Gasteiger charge is -2.70. The zero-order valence-corrected chi connectivity index (χ0v) is 29.0. The number of rotatable bonds is 5. The zero-order valence-electron chi connectivity index (χ0n) is 29.0. The monoisotopic (exact) mass is 622 g/mol. The van der Waals surface area contributed by atoms with Crippen molar-refractivity contribution in [3.63, 3.8) is 0 Å². The summed E-state index contributed by atoms with van der Waals surface area (Å²) in [5.41, 5.74) is 0.273. The van der Waals surface area contributed by atoms with Gasteiger partial charge in [0.15, 0.2) is 11.5 Å². The maximum absolute atomic E-state index is 13.0. The molecule has 4 saturated carbocycles. The fourth-order valence-electron chi connectivity index (χ4n) is 12.3. The topological polar surface area (TPSA) is 96.2 Å². The van der Waals surface area contributed by atoms with Crippen LogP contribution >= 0.6 is 0 Å². The Morgan fingerprint density at radius 3 is 2.22 bits per heavy atom. The Balaban J connectivity index is 1.18. The molecule has 1 aliphatic heterocycles. The van der Waals surface area contributed by atoms with Crippen LogP contribution in [0, 0.1) is 45.3 Å². The number of ether oxygens (including phenoxy) is 2. The van der Waals surface area contributed by atoms with Crippen molar-refractivity contribution >= 4 is 12.0 Å². The third-order valence-electron chi connectivity index (χ3n) is 14.9. The molecule has 0 bridgehead atoms. The molecular formula is C39H58O6. The van der Waals surface area contributed by atoms with Crippen LogP contribution in [-0.2, 0) is 14.3 Å². The average Bonchev–Trinajstić information content (AvgIpc) is 3.53. The number of phenols is 2. The van der Waals surface area contributed by atoms with E-state index in [1.165, 1.54) is 50.3 Å². The Labute approximate surface area is 271 Å². The molecule has 10 atom stereocenters. The van der Waals surface area contributed by atoms with Crippen molar-refractivity contribution in [2.45, 2.75) is 143 Å². The van der Waals surface area contributed by atoms with Crippen LogP contribution in [0.2, 0.25) is 0 Å². The van der Waals surface area contributed by atoms with E-state index in [4.69, 9.17) is 9.47 Å². The van der Waals surface area contributed by atoms with Crippen molar-refractivity contribution in [2.24, 2.45) is 45.3 Å². The molecule has 6 rings (SSSR count). The van der Waals surface area contributed by atoms with Crippen molar-refractivity contribution in [3.8, 4) is 11.5 Å². The van der Waals surface area contributed by atoms with Crippen LogP contribution in [0.25, 0.3) is 6.08 Å². The van der Waals surface area contributed by atoms with Crippen molar-refractivity contribution < 1.29 is 29.6 Å². The highest BCUT2D eigenvalue weighted by Gasteiger charge is 2.70. The zero-order chi connectivity index (χ0) is 32.8. The quantitative estimate of drug-likeness (QED) is 0.173. The summed E-state index contributed by atoms with van der Waals surface area (Å²) >= 11 is 0. The van der Waals surface area contributed by atoms with Crippen LogP contribution < -0.4 is 0 Å². The summed E-state index contributed by atoms with van der Waals surface area (Å²) in [7, 11) is 0. The van der Waals surface area contributed by atoms with E-state index in [0.29, 0.717) is 29.2 Å². The Morgan fingerprint density at radius 2 is 1.56 bits per heavy atom. The van der Waals surface area contributed by atoms with Gasteiger partial charge in [0, 0.05) is 11.5 Å². The fraction of sp³-hybridized carbons (Fsp3) is 0.769. The summed E-state index contributed by atoms with van der Waals surface area (Å²) in [5, 5.41) is 30.1. The largest absolute Gasteiger partial charge is 0.504 e. The van der Waals surface area contributed by atoms with E-state index in [1.54, 1.807) is 12.1 Å². The van der Waals surface area contributed by atoms with E-state index in [-0.39, 0.29) is 56.9 Å². The molecule has 3 N–H and O–H groups in total. The summed E-state index contributed by atoms with van der Waals surface area (Å²) in [5.74, 6) is 1.57. The van der Waals surface area contributed by atoms with E-state index in [0.717, 1.165) is 32.1 Å². The van der Waals surface area contributed by atoms with Gasteiger partial charge in [-0.1, -0.05) is 40.7 Å². The van der Waals surface area contributed by atoms with Crippen LogP contribution in [0.4, 0.5) is 0 Å². The van der Waals surface area contributed by atoms with Crippen molar-refractivity contribution in [1.82, 2.24) is 0 Å². The van der Waals surface area contributed by atoms with Gasteiger partial charge in [0.1, 0.15) is 6.10 Å². The van der Waals surface area contributed by atoms with Gasteiger partial charge in [-0.05, 0) is 149 Å². The summed E-state index contributed by atoms with van der Waals surface area (Å²) in [6.45, 7) is 18.6. The van der Waals surface area contributed by atoms with Crippen LogP contribution in [0.15, 0.2) is 24.3 Å². The SMILES string of the molecule is CC(C)(O)C1CCC(C)(C2CCC3(C)C2CCC2C4(C)CCC(OC(=O)C=Cc5ccc(O)c(O)c5)C(C)(C)C4CCC23C)O1. The van der Waals surface area contributed by atoms with Gasteiger partial charge >= 0.3 is 5.97 Å². The molecule has 0 spiro atoms. The third kappa shape index (κ3) is 5.07. The van der Waals surface area contributed by atoms with Crippen LogP contribution in [0.3, 0.4) is 0 Å². The number of hydrogen-bond acceptors (Lipinski definition) is 6. The molecule has 1 heterocycles. The molecule has 45 heavy (non-hydrogen) atoms. The van der Waals surface area contributed by atoms with Crippen LogP contribution in [0.1, 0.15) is 125 Å². The Hall–Kier alpha value is -2.05. The molecule has 5 aliphatic rings. The molecule has 1 saturated heterocycles. The third-order valence-corrected chi connectivity index (χ3v) is 14.9. The van der Waals surface area contributed by atoms with E-state index in [9.17, 15) is 20.1 Å². The van der Waals surface area contributed by atoms with Gasteiger partial charge in [-0.3, -0.25) is 0 Å². The van der Waals surface area contributed by atoms with Gasteiger partial charge < -0.3 is 24.8 Å². The van der Waals surface area contributed by atoms with Crippen molar-refractivity contribution in [3.05, 3.63) is 29.8 Å². The summed E-state index contributed by atoms with van der Waals surface area (Å²) in [4.78, 5) is 13.0. The minimum Gasteiger partial charge on any atom is -0.504 e. The summed E-state index contributed by atoms with van der Waals surface area (Å²) in [6, 6.07) is 4.50. The first-order valence-electron chi connectivity index (χ1n) is 17.7. The van der Waals surface area contributed by atoms with Gasteiger partial charge in [0.2, 0.25) is 0 Å². The second kappa shape index (κ2) is 10.7. The summed E-state index contributed by atoms with van der Waals surface area (Å²) < 4.78 is 12.9. The number of carbonyl (C=O) groups is 1. The van der Waals surface area contributed by atoms with E-state index in [1.807, 2.05) is 13.8 Å². The predicted molar refractivity (Wildman–Crippen MR) is 176 cm³/mol. The fourth-order valence-corrected chi connectivity index (χ4v) is 12.3. The number of aromatic hydroxyl groups is 2. The highest BCUT2D eigenvalue weighted by Crippen LogP contribution is 2.76. The molecule has 1 aromatic rings. The number of benzene rings is 1. The minimum atomic E-state index is -0.802. The molecule has 250 valence electrons. The minimum absolute atomic E-state index is 0.0844. The standard InChI is InChI=1S/C39H58O6/c1-34(2)29-16-21-38(7)30(13-11-25-26(15-20-37(25,38)6)39(8)22-18-32(45-39)35(3,4)43)36(29,5)19-17-31(34)44-33(42)14-10-24-9-12-27(40)28(41)23-24/h9-10,12,14,23,25-26,29-32,40-41,43H,11,13,15-22H2,1-8H3. The molecule has 0 amide bonds. The smallest absolute Gasteiger partial charge is 0.331 e. The van der Waals surface area contributed by atoms with E-state index >= 15 is 0 Å². The van der Waals surface area contributed by atoms with Gasteiger partial charge in [-0.25, -0.2) is 4.79 Å². The normalized spacial score (nSPS) is 44.3. The molecule has 1 aromatic carbocycles. The van der Waals surface area contributed by atoms with Gasteiger partial charge in [-0.2, -0.15) is 0 Å². The predicted octanol–water partition coefficient (Wildman–Crippen LogP) is 8.42. The van der Waals surface area contributed by atoms with Gasteiger partial charge in [-0.15, -0.1) is 0 Å². The van der Waals surface area contributed by atoms with Gasteiger partial charge in [0.05, 0.1) is 17.3 Å². The van der Waals surface area contributed by atoms with Crippen molar-refractivity contribution in [1.29, 1.82) is 0 Å². The lowest BCUT2D eigenvalue weighted by Crippen LogP contribution is -2.64. The van der Waals surface area contributed by atoms with Crippen LogP contribution in [-0.4, -0.2) is 44.7 Å². The maximum Gasteiger partial charge on any atom is 0.331 e. The first-order valence-corrected chi connectivity index (χ1v) is 17.7. The van der Waals surface area contributed by atoms with Crippen LogP contribution in [0.5, 0.6) is 11.5 Å². The highest BCUT2D eigenvalue weighted by molar-refractivity contribution is 5.87. The molecule has 0 aromatic heterocycles. The molecule has 0 radical (unpaired) electrons. The lowest BCUT2D eigenvalue weighted by atomic mass is 9.35. The van der Waals surface area contributed by atoms with E-state index < -0.39 is 5.60 Å². The Bertz CT molecular complexity index is 1340. The maximum atomic E-state index is 13.0. The van der Waals surface area contributed by atoms with Crippen molar-refractivity contribution in [2.75, 3.05) is 0 Å². The van der Waals surface area contributed by atoms with Gasteiger partial charge in [0.25, 0.3) is 0 Å². The molecule has 10 unspecified atom stereocenters. The highest BCUT2D eigenvalue weighted by atomic mass is 16.5. The second-order valence-corrected chi connectivity index (χ2v) is 17.8. The molecular weight excluding hydrogens is 564 g/mol. The lowest BCUT2D eigenvalue weighted by molar-refractivity contribution is -0.230. The number of aliphatic hydroxyl groups is 1. The number of fused-ring (bicyclic) bond motifs is 5. The number of phenolic OH excluding ortho intramolecular Hbond substituents is 2. The van der Waals surface area contributed by atoms with E-state index in [2.05, 4.69) is 41.5 Å². The molecule has 4 aliphatic carbocycles. The second-order valence-electron chi connectivity index (χ2n) is 17.8. The first-order chi connectivity index (χ1) is 20.8. The Kier molecular flexibility index (Phi) is 7.84. The Morgan fingerprint density at radius 1 is 0.844 bits per heavy atom. The number of esters is 1. The first kappa shape index (κ1) is 32.9. The molecule has 6 heteroatoms. The number of hydrogen-bond donors (Lipinski definition) is 3. The number of carbonyl (C=O) groups excluding carboxylic acids is 1. The summed E-state index contributed by atoms with van der Waals surface area (Å²) in [6.07, 6.45) is 14.1. The molecule has 5 fully saturated rings. The molecule has 6 nitrogen and oxygen atoms in total. The average molecular weight is 623 g/mol.